The van der Waals surface area contributed by atoms with Crippen LogP contribution in [0.3, 0.4) is 0 Å². The van der Waals surface area contributed by atoms with Crippen LogP contribution in [0.15, 0.2) is 54.6 Å². The molecule has 0 radical (unpaired) electrons. The van der Waals surface area contributed by atoms with Gasteiger partial charge >= 0.3 is 0 Å². The van der Waals surface area contributed by atoms with Crippen LogP contribution in [0.2, 0.25) is 0 Å². The number of carbonyl (C=O) groups is 2. The molecule has 0 saturated carbocycles. The van der Waals surface area contributed by atoms with E-state index in [1.54, 1.807) is 4.90 Å². The monoisotopic (exact) mass is 462 g/mol. The molecule has 6 heteroatoms. The minimum Gasteiger partial charge on any atom is -0.369 e. The van der Waals surface area contributed by atoms with Crippen molar-refractivity contribution in [3.63, 3.8) is 0 Å². The van der Waals surface area contributed by atoms with E-state index in [2.05, 4.69) is 46.3 Å². The SMILES string of the molecule is Cc1cccc(N2CCN(CCCCNC(=O)C(c3ccccc3)N3CCCCC3=O)CC2)c1. The number of likely N-dealkylation sites (tertiary alicyclic amines) is 1. The summed E-state index contributed by atoms with van der Waals surface area (Å²) in [5, 5.41) is 3.11. The normalized spacial score (nSPS) is 18.1. The summed E-state index contributed by atoms with van der Waals surface area (Å²) in [7, 11) is 0. The van der Waals surface area contributed by atoms with Gasteiger partial charge in [0.15, 0.2) is 0 Å². The van der Waals surface area contributed by atoms with Gasteiger partial charge in [-0.2, -0.15) is 0 Å². The second kappa shape index (κ2) is 12.0. The Bertz CT molecular complexity index is 940. The van der Waals surface area contributed by atoms with Crippen molar-refractivity contribution in [2.24, 2.45) is 0 Å². The van der Waals surface area contributed by atoms with Gasteiger partial charge in [0.2, 0.25) is 11.8 Å². The van der Waals surface area contributed by atoms with Gasteiger partial charge in [-0.05, 0) is 62.4 Å². The Labute approximate surface area is 203 Å². The lowest BCUT2D eigenvalue weighted by Gasteiger charge is -2.36. The van der Waals surface area contributed by atoms with Gasteiger partial charge in [0.1, 0.15) is 6.04 Å². The molecule has 0 spiro atoms. The Hall–Kier alpha value is -2.86. The summed E-state index contributed by atoms with van der Waals surface area (Å²) in [6.45, 7) is 8.77. The molecule has 2 aromatic rings. The summed E-state index contributed by atoms with van der Waals surface area (Å²) in [6, 6.07) is 17.9. The van der Waals surface area contributed by atoms with Gasteiger partial charge in [-0.25, -0.2) is 0 Å². The van der Waals surface area contributed by atoms with Gasteiger partial charge in [-0.15, -0.1) is 0 Å². The van der Waals surface area contributed by atoms with Crippen molar-refractivity contribution in [1.29, 1.82) is 0 Å². The van der Waals surface area contributed by atoms with E-state index in [0.29, 0.717) is 19.5 Å². The van der Waals surface area contributed by atoms with E-state index in [1.807, 2.05) is 30.3 Å². The Morgan fingerprint density at radius 1 is 0.941 bits per heavy atom. The predicted octanol–water partition coefficient (Wildman–Crippen LogP) is 3.77. The van der Waals surface area contributed by atoms with Crippen molar-refractivity contribution in [1.82, 2.24) is 15.1 Å². The van der Waals surface area contributed by atoms with Crippen LogP contribution in [-0.4, -0.2) is 67.4 Å². The van der Waals surface area contributed by atoms with Crippen molar-refractivity contribution in [3.8, 4) is 0 Å². The number of carbonyl (C=O) groups excluding carboxylic acids is 2. The number of rotatable bonds is 9. The fourth-order valence-electron chi connectivity index (χ4n) is 5.03. The highest BCUT2D eigenvalue weighted by Gasteiger charge is 2.32. The number of amides is 2. The highest BCUT2D eigenvalue weighted by Crippen LogP contribution is 2.26. The number of benzene rings is 2. The van der Waals surface area contributed by atoms with Crippen LogP contribution in [0.1, 0.15) is 49.3 Å². The van der Waals surface area contributed by atoms with Crippen LogP contribution < -0.4 is 10.2 Å². The lowest BCUT2D eigenvalue weighted by Crippen LogP contribution is -2.47. The summed E-state index contributed by atoms with van der Waals surface area (Å²) < 4.78 is 0. The molecular formula is C28H38N4O2. The zero-order valence-electron chi connectivity index (χ0n) is 20.4. The molecule has 2 heterocycles. The zero-order valence-corrected chi connectivity index (χ0v) is 20.4. The zero-order chi connectivity index (χ0) is 23.8. The van der Waals surface area contributed by atoms with E-state index in [1.165, 1.54) is 11.3 Å². The summed E-state index contributed by atoms with van der Waals surface area (Å²) in [6.07, 6.45) is 4.41. The van der Waals surface area contributed by atoms with Gasteiger partial charge in [0, 0.05) is 51.4 Å². The number of piperidine rings is 1. The van der Waals surface area contributed by atoms with Crippen molar-refractivity contribution in [2.45, 2.75) is 45.1 Å². The molecule has 1 atom stereocenters. The maximum absolute atomic E-state index is 13.1. The minimum atomic E-state index is -0.524. The molecule has 182 valence electrons. The fourth-order valence-corrected chi connectivity index (χ4v) is 5.03. The van der Waals surface area contributed by atoms with E-state index < -0.39 is 6.04 Å². The fraction of sp³-hybridized carbons (Fsp3) is 0.500. The van der Waals surface area contributed by atoms with Gasteiger partial charge in [-0.3, -0.25) is 14.5 Å². The first kappa shape index (κ1) is 24.3. The Kier molecular flexibility index (Phi) is 8.58. The smallest absolute Gasteiger partial charge is 0.247 e. The van der Waals surface area contributed by atoms with Gasteiger partial charge in [0.05, 0.1) is 0 Å². The van der Waals surface area contributed by atoms with Crippen molar-refractivity contribution in [3.05, 3.63) is 65.7 Å². The summed E-state index contributed by atoms with van der Waals surface area (Å²) in [5.74, 6) is 0.0216. The number of unbranched alkanes of at least 4 members (excludes halogenated alkanes) is 1. The average Bonchev–Trinajstić information content (AvgIpc) is 2.86. The van der Waals surface area contributed by atoms with Gasteiger partial charge < -0.3 is 15.1 Å². The van der Waals surface area contributed by atoms with E-state index in [0.717, 1.165) is 64.0 Å². The van der Waals surface area contributed by atoms with Crippen molar-refractivity contribution in [2.75, 3.05) is 50.7 Å². The third-order valence-electron chi connectivity index (χ3n) is 6.97. The number of hydrogen-bond acceptors (Lipinski definition) is 4. The number of nitrogens with zero attached hydrogens (tertiary/aromatic N) is 3. The lowest BCUT2D eigenvalue weighted by molar-refractivity contribution is -0.142. The van der Waals surface area contributed by atoms with Gasteiger partial charge in [-0.1, -0.05) is 42.5 Å². The molecule has 4 rings (SSSR count). The summed E-state index contributed by atoms with van der Waals surface area (Å²) in [4.78, 5) is 32.4. The number of hydrogen-bond donors (Lipinski definition) is 1. The highest BCUT2D eigenvalue weighted by molar-refractivity contribution is 5.89. The first-order chi connectivity index (χ1) is 16.6. The molecule has 2 amide bonds. The van der Waals surface area contributed by atoms with Crippen LogP contribution in [0, 0.1) is 6.92 Å². The van der Waals surface area contributed by atoms with Crippen LogP contribution in [0.25, 0.3) is 0 Å². The predicted molar refractivity (Wildman–Crippen MR) is 137 cm³/mol. The molecule has 1 N–H and O–H groups in total. The van der Waals surface area contributed by atoms with Crippen LogP contribution in [0.5, 0.6) is 0 Å². The van der Waals surface area contributed by atoms with E-state index in [9.17, 15) is 9.59 Å². The Balaban J connectivity index is 1.20. The maximum Gasteiger partial charge on any atom is 0.247 e. The standard InChI is InChI=1S/C28H38N4O2/c1-23-10-9-13-25(22-23)31-20-18-30(19-21-31)16-8-6-15-29-28(34)27(24-11-3-2-4-12-24)32-17-7-5-14-26(32)33/h2-4,9-13,22,27H,5-8,14-21H2,1H3,(H,29,34). The topological polar surface area (TPSA) is 55.9 Å². The average molecular weight is 463 g/mol. The molecule has 2 aliphatic heterocycles. The first-order valence-electron chi connectivity index (χ1n) is 12.8. The number of nitrogens with one attached hydrogen (secondary N) is 1. The maximum atomic E-state index is 13.1. The van der Waals surface area contributed by atoms with E-state index in [4.69, 9.17) is 0 Å². The molecule has 2 fully saturated rings. The number of piperazine rings is 1. The second-order valence-electron chi connectivity index (χ2n) is 9.52. The first-order valence-corrected chi connectivity index (χ1v) is 12.8. The highest BCUT2D eigenvalue weighted by atomic mass is 16.2. The molecule has 0 bridgehead atoms. The van der Waals surface area contributed by atoms with Crippen molar-refractivity contribution >= 4 is 17.5 Å². The van der Waals surface area contributed by atoms with Crippen molar-refractivity contribution < 1.29 is 9.59 Å². The minimum absolute atomic E-state index is 0.0618. The second-order valence-corrected chi connectivity index (χ2v) is 9.52. The third-order valence-corrected chi connectivity index (χ3v) is 6.97. The van der Waals surface area contributed by atoms with Crippen LogP contribution in [-0.2, 0) is 9.59 Å². The molecule has 2 aliphatic rings. The molecule has 1 unspecified atom stereocenters. The largest absolute Gasteiger partial charge is 0.369 e. The van der Waals surface area contributed by atoms with Gasteiger partial charge in [0.25, 0.3) is 0 Å². The summed E-state index contributed by atoms with van der Waals surface area (Å²) >= 11 is 0. The molecule has 0 aliphatic carbocycles. The molecule has 0 aromatic heterocycles. The van der Waals surface area contributed by atoms with Crippen LogP contribution in [0.4, 0.5) is 5.69 Å². The Morgan fingerprint density at radius 3 is 2.47 bits per heavy atom. The molecule has 34 heavy (non-hydrogen) atoms. The van der Waals surface area contributed by atoms with E-state index >= 15 is 0 Å². The molecule has 6 nitrogen and oxygen atoms in total. The van der Waals surface area contributed by atoms with Crippen LogP contribution >= 0.6 is 0 Å². The number of aryl methyl sites for hydroxylation is 1. The quantitative estimate of drug-likeness (QED) is 0.577. The Morgan fingerprint density at radius 2 is 1.74 bits per heavy atom. The third kappa shape index (κ3) is 6.38. The molecule has 2 aromatic carbocycles. The lowest BCUT2D eigenvalue weighted by atomic mass is 10.0. The van der Waals surface area contributed by atoms with E-state index in [-0.39, 0.29) is 11.8 Å². The number of anilines is 1. The molecular weight excluding hydrogens is 424 g/mol. The molecule has 2 saturated heterocycles. The summed E-state index contributed by atoms with van der Waals surface area (Å²) in [5.41, 5.74) is 3.52.